The Morgan fingerprint density at radius 1 is 0.958 bits per heavy atom. The topological polar surface area (TPSA) is 104 Å². The monoisotopic (exact) mass is 321 g/mol. The summed E-state index contributed by atoms with van der Waals surface area (Å²) in [6.45, 7) is 0. The zero-order valence-electron chi connectivity index (χ0n) is 12.3. The van der Waals surface area contributed by atoms with Gasteiger partial charge in [-0.2, -0.15) is 0 Å². The highest BCUT2D eigenvalue weighted by atomic mass is 16.4. The van der Waals surface area contributed by atoms with Crippen LogP contribution in [0.4, 0.5) is 0 Å². The van der Waals surface area contributed by atoms with Crippen molar-refractivity contribution in [2.75, 3.05) is 0 Å². The van der Waals surface area contributed by atoms with Crippen LogP contribution in [0.5, 0.6) is 0 Å². The van der Waals surface area contributed by atoms with E-state index in [1.807, 2.05) is 0 Å². The fourth-order valence-corrected chi connectivity index (χ4v) is 2.48. The molecule has 118 valence electrons. The predicted molar refractivity (Wildman–Crippen MR) is 86.8 cm³/mol. The molecule has 0 aliphatic heterocycles. The van der Waals surface area contributed by atoms with Gasteiger partial charge in [-0.25, -0.2) is 4.79 Å². The molecular formula is C18H11NO5. The molecule has 0 fully saturated rings. The van der Waals surface area contributed by atoms with Crippen molar-refractivity contribution < 1.29 is 19.5 Å². The molecule has 3 rings (SSSR count). The molecule has 0 aliphatic carbocycles. The minimum absolute atomic E-state index is 0.0228. The highest BCUT2D eigenvalue weighted by molar-refractivity contribution is 6.13. The largest absolute Gasteiger partial charge is 0.478 e. The van der Waals surface area contributed by atoms with Gasteiger partial charge in [0.05, 0.1) is 16.8 Å². The summed E-state index contributed by atoms with van der Waals surface area (Å²) in [7, 11) is 0. The van der Waals surface area contributed by atoms with Gasteiger partial charge >= 0.3 is 5.97 Å². The number of ketones is 1. The number of pyridine rings is 1. The van der Waals surface area contributed by atoms with Crippen LogP contribution in [0, 0.1) is 0 Å². The SMILES string of the molecule is O=Cc1[nH]c2ccccc2c(=O)c1C(=O)c1ccc(C(=O)O)cc1. The van der Waals surface area contributed by atoms with Crippen LogP contribution in [0.15, 0.2) is 53.3 Å². The Morgan fingerprint density at radius 2 is 1.58 bits per heavy atom. The normalized spacial score (nSPS) is 10.5. The molecule has 0 amide bonds. The Kier molecular flexibility index (Phi) is 3.79. The number of para-hydroxylation sites is 1. The molecule has 0 saturated heterocycles. The van der Waals surface area contributed by atoms with Gasteiger partial charge < -0.3 is 10.1 Å². The number of aromatic amines is 1. The Hall–Kier alpha value is -3.54. The molecule has 2 aromatic carbocycles. The van der Waals surface area contributed by atoms with E-state index in [0.29, 0.717) is 17.2 Å². The predicted octanol–water partition coefficient (Wildman–Crippen LogP) is 2.27. The number of rotatable bonds is 4. The molecule has 1 heterocycles. The molecule has 6 heteroatoms. The summed E-state index contributed by atoms with van der Waals surface area (Å²) in [5.41, 5.74) is -0.294. The van der Waals surface area contributed by atoms with Crippen molar-refractivity contribution in [2.24, 2.45) is 0 Å². The van der Waals surface area contributed by atoms with E-state index in [1.54, 1.807) is 24.3 Å². The van der Waals surface area contributed by atoms with Crippen molar-refractivity contribution in [3.8, 4) is 0 Å². The maximum absolute atomic E-state index is 12.6. The summed E-state index contributed by atoms with van der Waals surface area (Å²) < 4.78 is 0. The number of carbonyl (C=O) groups is 3. The number of carbonyl (C=O) groups excluding carboxylic acids is 2. The molecule has 0 aliphatic rings. The number of hydrogen-bond donors (Lipinski definition) is 2. The number of carboxylic acids is 1. The van der Waals surface area contributed by atoms with E-state index in [1.165, 1.54) is 24.3 Å². The molecule has 0 atom stereocenters. The van der Waals surface area contributed by atoms with Gasteiger partial charge in [-0.1, -0.05) is 24.3 Å². The van der Waals surface area contributed by atoms with Crippen molar-refractivity contribution in [3.05, 3.63) is 81.1 Å². The minimum atomic E-state index is -1.12. The second kappa shape index (κ2) is 5.92. The zero-order chi connectivity index (χ0) is 17.3. The van der Waals surface area contributed by atoms with Gasteiger partial charge in [-0.15, -0.1) is 0 Å². The molecule has 0 radical (unpaired) electrons. The fourth-order valence-electron chi connectivity index (χ4n) is 2.48. The lowest BCUT2D eigenvalue weighted by molar-refractivity contribution is 0.0696. The molecule has 0 spiro atoms. The molecule has 1 aromatic heterocycles. The first-order valence-electron chi connectivity index (χ1n) is 7.01. The van der Waals surface area contributed by atoms with E-state index < -0.39 is 17.2 Å². The fraction of sp³-hybridized carbons (Fsp3) is 0. The second-order valence-electron chi connectivity index (χ2n) is 5.12. The molecular weight excluding hydrogens is 310 g/mol. The van der Waals surface area contributed by atoms with E-state index in [-0.39, 0.29) is 22.4 Å². The highest BCUT2D eigenvalue weighted by Crippen LogP contribution is 2.15. The molecule has 24 heavy (non-hydrogen) atoms. The van der Waals surface area contributed by atoms with Crippen LogP contribution in [-0.4, -0.2) is 28.1 Å². The number of aromatic nitrogens is 1. The molecule has 6 nitrogen and oxygen atoms in total. The maximum Gasteiger partial charge on any atom is 0.335 e. The Labute approximate surface area is 135 Å². The standard InChI is InChI=1S/C18H11NO5/c20-9-14-15(17(22)12-3-1-2-4-13(12)19-14)16(21)10-5-7-11(8-6-10)18(23)24/h1-9H,(H,19,22)(H,23,24). The third-order valence-electron chi connectivity index (χ3n) is 3.68. The lowest BCUT2D eigenvalue weighted by Crippen LogP contribution is -2.20. The summed E-state index contributed by atoms with van der Waals surface area (Å²) in [5, 5.41) is 9.19. The Balaban J connectivity index is 2.19. The second-order valence-corrected chi connectivity index (χ2v) is 5.12. The number of H-pyrrole nitrogens is 1. The molecule has 0 unspecified atom stereocenters. The van der Waals surface area contributed by atoms with E-state index in [2.05, 4.69) is 4.98 Å². The van der Waals surface area contributed by atoms with Crippen LogP contribution < -0.4 is 5.43 Å². The first kappa shape index (κ1) is 15.4. The van der Waals surface area contributed by atoms with Crippen LogP contribution in [0.1, 0.15) is 36.8 Å². The highest BCUT2D eigenvalue weighted by Gasteiger charge is 2.20. The number of carboxylic acid groups (broad SMARTS) is 1. The van der Waals surface area contributed by atoms with Gasteiger partial charge in [0.25, 0.3) is 0 Å². The van der Waals surface area contributed by atoms with Crippen LogP contribution in [0.25, 0.3) is 10.9 Å². The molecule has 0 bridgehead atoms. The van der Waals surface area contributed by atoms with Crippen molar-refractivity contribution in [3.63, 3.8) is 0 Å². The van der Waals surface area contributed by atoms with Crippen LogP contribution in [0.3, 0.4) is 0 Å². The van der Waals surface area contributed by atoms with Gasteiger partial charge in [0, 0.05) is 16.5 Å². The van der Waals surface area contributed by atoms with Crippen LogP contribution in [0.2, 0.25) is 0 Å². The first-order valence-corrected chi connectivity index (χ1v) is 7.01. The zero-order valence-corrected chi connectivity index (χ0v) is 12.3. The average Bonchev–Trinajstić information content (AvgIpc) is 2.61. The third-order valence-corrected chi connectivity index (χ3v) is 3.68. The minimum Gasteiger partial charge on any atom is -0.478 e. The van der Waals surface area contributed by atoms with Crippen LogP contribution in [-0.2, 0) is 0 Å². The van der Waals surface area contributed by atoms with Crippen molar-refractivity contribution in [1.82, 2.24) is 4.98 Å². The number of benzene rings is 2. The quantitative estimate of drug-likeness (QED) is 0.566. The van der Waals surface area contributed by atoms with Gasteiger partial charge in [0.2, 0.25) is 5.43 Å². The maximum atomic E-state index is 12.6. The lowest BCUT2D eigenvalue weighted by Gasteiger charge is -2.07. The number of hydrogen-bond acceptors (Lipinski definition) is 4. The number of fused-ring (bicyclic) bond motifs is 1. The van der Waals surface area contributed by atoms with Gasteiger partial charge in [-0.05, 0) is 24.3 Å². The van der Waals surface area contributed by atoms with E-state index in [4.69, 9.17) is 5.11 Å². The Morgan fingerprint density at radius 3 is 2.21 bits per heavy atom. The molecule has 2 N–H and O–H groups in total. The smallest absolute Gasteiger partial charge is 0.335 e. The van der Waals surface area contributed by atoms with Gasteiger partial charge in [-0.3, -0.25) is 14.4 Å². The van der Waals surface area contributed by atoms with E-state index in [0.717, 1.165) is 0 Å². The average molecular weight is 321 g/mol. The molecule has 0 saturated carbocycles. The van der Waals surface area contributed by atoms with E-state index >= 15 is 0 Å². The van der Waals surface area contributed by atoms with Crippen molar-refractivity contribution >= 4 is 28.9 Å². The Bertz CT molecular complexity index is 1030. The van der Waals surface area contributed by atoms with Crippen molar-refractivity contribution in [2.45, 2.75) is 0 Å². The van der Waals surface area contributed by atoms with E-state index in [9.17, 15) is 19.2 Å². The summed E-state index contributed by atoms with van der Waals surface area (Å²) in [4.78, 5) is 50.2. The van der Waals surface area contributed by atoms with Crippen LogP contribution >= 0.6 is 0 Å². The van der Waals surface area contributed by atoms with Crippen molar-refractivity contribution in [1.29, 1.82) is 0 Å². The third kappa shape index (κ3) is 2.50. The number of nitrogens with one attached hydrogen (secondary N) is 1. The lowest BCUT2D eigenvalue weighted by atomic mass is 9.98. The number of aldehydes is 1. The molecule has 3 aromatic rings. The van der Waals surface area contributed by atoms with Gasteiger partial charge in [0.15, 0.2) is 12.1 Å². The van der Waals surface area contributed by atoms with Gasteiger partial charge in [0.1, 0.15) is 0 Å². The summed E-state index contributed by atoms with van der Waals surface area (Å²) >= 11 is 0. The number of aromatic carboxylic acids is 1. The first-order chi connectivity index (χ1) is 11.5. The summed E-state index contributed by atoms with van der Waals surface area (Å²) in [6, 6.07) is 11.7. The summed E-state index contributed by atoms with van der Waals surface area (Å²) in [5.74, 6) is -1.76. The summed E-state index contributed by atoms with van der Waals surface area (Å²) in [6.07, 6.45) is 0.423.